The van der Waals surface area contributed by atoms with Gasteiger partial charge in [-0.3, -0.25) is 0 Å². The van der Waals surface area contributed by atoms with Gasteiger partial charge in [-0.25, -0.2) is 0 Å². The Morgan fingerprint density at radius 2 is 2.07 bits per heavy atom. The van der Waals surface area contributed by atoms with Crippen LogP contribution in [0, 0.1) is 13.8 Å². The Morgan fingerprint density at radius 3 is 2.73 bits per heavy atom. The molecular formula is C13H19NO. The third-order valence-corrected chi connectivity index (χ3v) is 3.03. The van der Waals surface area contributed by atoms with E-state index in [0.717, 1.165) is 17.9 Å². The van der Waals surface area contributed by atoms with Crippen LogP contribution in [0.2, 0.25) is 0 Å². The van der Waals surface area contributed by atoms with Crippen molar-refractivity contribution < 1.29 is 4.74 Å². The summed E-state index contributed by atoms with van der Waals surface area (Å²) in [4.78, 5) is 0. The molecule has 0 saturated heterocycles. The molecular weight excluding hydrogens is 186 g/mol. The lowest BCUT2D eigenvalue weighted by Gasteiger charge is -2.33. The molecule has 2 rings (SSSR count). The van der Waals surface area contributed by atoms with Gasteiger partial charge >= 0.3 is 0 Å². The van der Waals surface area contributed by atoms with Crippen LogP contribution in [0.1, 0.15) is 31.4 Å². The molecule has 15 heavy (non-hydrogen) atoms. The fraction of sp³-hybridized carbons (Fsp3) is 0.538. The van der Waals surface area contributed by atoms with E-state index in [-0.39, 0.29) is 0 Å². The molecule has 0 spiro atoms. The van der Waals surface area contributed by atoms with E-state index in [1.807, 2.05) is 0 Å². The highest BCUT2D eigenvalue weighted by molar-refractivity contribution is 5.63. The van der Waals surface area contributed by atoms with Gasteiger partial charge in [0, 0.05) is 0 Å². The molecule has 0 aromatic heterocycles. The molecule has 2 atom stereocenters. The van der Waals surface area contributed by atoms with E-state index in [4.69, 9.17) is 4.74 Å². The van der Waals surface area contributed by atoms with Crippen LogP contribution in [0.25, 0.3) is 0 Å². The zero-order valence-electron chi connectivity index (χ0n) is 9.92. The minimum Gasteiger partial charge on any atom is -0.486 e. The van der Waals surface area contributed by atoms with Crippen molar-refractivity contribution >= 4 is 5.69 Å². The Hall–Kier alpha value is -1.18. The van der Waals surface area contributed by atoms with Crippen LogP contribution in [0.3, 0.4) is 0 Å². The maximum absolute atomic E-state index is 6.02. The van der Waals surface area contributed by atoms with E-state index in [1.54, 1.807) is 0 Å². The summed E-state index contributed by atoms with van der Waals surface area (Å²) in [5.41, 5.74) is 3.65. The van der Waals surface area contributed by atoms with Gasteiger partial charge in [-0.05, 0) is 44.4 Å². The highest BCUT2D eigenvalue weighted by Crippen LogP contribution is 2.36. The van der Waals surface area contributed by atoms with Crippen molar-refractivity contribution in [2.75, 3.05) is 5.32 Å². The number of rotatable bonds is 1. The molecule has 82 valence electrons. The van der Waals surface area contributed by atoms with Gasteiger partial charge < -0.3 is 10.1 Å². The summed E-state index contributed by atoms with van der Waals surface area (Å²) in [5.74, 6) is 1.03. The van der Waals surface area contributed by atoms with Crippen molar-refractivity contribution in [1.82, 2.24) is 0 Å². The number of fused-ring (bicyclic) bond motifs is 1. The Morgan fingerprint density at radius 1 is 1.33 bits per heavy atom. The molecule has 2 unspecified atom stereocenters. The second-order valence-corrected chi connectivity index (χ2v) is 4.46. The summed E-state index contributed by atoms with van der Waals surface area (Å²) in [6.07, 6.45) is 1.33. The number of anilines is 1. The molecule has 2 heteroatoms. The van der Waals surface area contributed by atoms with Gasteiger partial charge in [0.15, 0.2) is 0 Å². The summed E-state index contributed by atoms with van der Waals surface area (Å²) in [5, 5.41) is 3.52. The van der Waals surface area contributed by atoms with Crippen LogP contribution in [0.5, 0.6) is 5.75 Å². The minimum atomic E-state index is 0.291. The van der Waals surface area contributed by atoms with E-state index in [1.165, 1.54) is 11.1 Å². The van der Waals surface area contributed by atoms with Crippen molar-refractivity contribution in [2.45, 2.75) is 46.3 Å². The van der Waals surface area contributed by atoms with Crippen LogP contribution in [-0.2, 0) is 0 Å². The maximum Gasteiger partial charge on any atom is 0.145 e. The smallest absolute Gasteiger partial charge is 0.145 e. The lowest BCUT2D eigenvalue weighted by molar-refractivity contribution is 0.169. The van der Waals surface area contributed by atoms with Crippen molar-refractivity contribution in [2.24, 2.45) is 0 Å². The van der Waals surface area contributed by atoms with E-state index in [9.17, 15) is 0 Å². The second-order valence-electron chi connectivity index (χ2n) is 4.46. The molecule has 0 amide bonds. The Balaban J connectivity index is 2.40. The summed E-state index contributed by atoms with van der Waals surface area (Å²) in [6.45, 7) is 8.56. The largest absolute Gasteiger partial charge is 0.486 e. The molecule has 1 aromatic rings. The number of aryl methyl sites for hydroxylation is 2. The van der Waals surface area contributed by atoms with Crippen LogP contribution >= 0.6 is 0 Å². The first kappa shape index (κ1) is 10.3. The third-order valence-electron chi connectivity index (χ3n) is 3.03. The number of hydrogen-bond donors (Lipinski definition) is 1. The van der Waals surface area contributed by atoms with Gasteiger partial charge in [-0.1, -0.05) is 13.0 Å². The summed E-state index contributed by atoms with van der Waals surface area (Å²) >= 11 is 0. The molecule has 1 heterocycles. The molecule has 0 bridgehead atoms. The van der Waals surface area contributed by atoms with Crippen LogP contribution in [0.4, 0.5) is 5.69 Å². The summed E-state index contributed by atoms with van der Waals surface area (Å²) in [7, 11) is 0. The normalized spacial score (nSPS) is 24.0. The van der Waals surface area contributed by atoms with Gasteiger partial charge in [-0.15, -0.1) is 0 Å². The molecule has 1 aliphatic heterocycles. The second kappa shape index (κ2) is 3.76. The van der Waals surface area contributed by atoms with Gasteiger partial charge in [0.25, 0.3) is 0 Å². The lowest BCUT2D eigenvalue weighted by atomic mass is 10.0. The zero-order valence-corrected chi connectivity index (χ0v) is 9.92. The van der Waals surface area contributed by atoms with Crippen molar-refractivity contribution in [3.8, 4) is 5.75 Å². The number of nitrogens with one attached hydrogen (secondary N) is 1. The number of hydrogen-bond acceptors (Lipinski definition) is 2. The van der Waals surface area contributed by atoms with E-state index in [0.29, 0.717) is 12.1 Å². The van der Waals surface area contributed by atoms with E-state index in [2.05, 4.69) is 45.1 Å². The fourth-order valence-electron chi connectivity index (χ4n) is 2.25. The molecule has 0 aliphatic carbocycles. The van der Waals surface area contributed by atoms with Crippen LogP contribution < -0.4 is 10.1 Å². The van der Waals surface area contributed by atoms with Crippen LogP contribution in [0.15, 0.2) is 12.1 Å². The van der Waals surface area contributed by atoms with Gasteiger partial charge in [0.1, 0.15) is 11.9 Å². The van der Waals surface area contributed by atoms with Crippen LogP contribution in [-0.4, -0.2) is 12.1 Å². The maximum atomic E-state index is 6.02. The molecule has 0 radical (unpaired) electrons. The highest BCUT2D eigenvalue weighted by atomic mass is 16.5. The Labute approximate surface area is 91.6 Å². The highest BCUT2D eigenvalue weighted by Gasteiger charge is 2.25. The Bertz CT molecular complexity index is 373. The third kappa shape index (κ3) is 1.81. The van der Waals surface area contributed by atoms with E-state index >= 15 is 0 Å². The quantitative estimate of drug-likeness (QED) is 0.759. The average molecular weight is 205 g/mol. The lowest BCUT2D eigenvalue weighted by Crippen LogP contribution is -2.39. The van der Waals surface area contributed by atoms with Crippen molar-refractivity contribution in [3.63, 3.8) is 0 Å². The fourth-order valence-corrected chi connectivity index (χ4v) is 2.25. The number of benzene rings is 1. The SMILES string of the molecule is CCC1Oc2c(C)cc(C)cc2NC1C. The topological polar surface area (TPSA) is 21.3 Å². The van der Waals surface area contributed by atoms with Gasteiger partial charge in [0.05, 0.1) is 11.7 Å². The minimum absolute atomic E-state index is 0.291. The summed E-state index contributed by atoms with van der Waals surface area (Å²) in [6, 6.07) is 4.72. The average Bonchev–Trinajstić information content (AvgIpc) is 2.16. The summed E-state index contributed by atoms with van der Waals surface area (Å²) < 4.78 is 6.02. The van der Waals surface area contributed by atoms with Gasteiger partial charge in [-0.2, -0.15) is 0 Å². The first-order chi connectivity index (χ1) is 7.11. The standard InChI is InChI=1S/C13H19NO/c1-5-12-10(4)14-11-7-8(2)6-9(3)13(11)15-12/h6-7,10,12,14H,5H2,1-4H3. The molecule has 1 N–H and O–H groups in total. The van der Waals surface area contributed by atoms with Crippen molar-refractivity contribution in [3.05, 3.63) is 23.3 Å². The zero-order chi connectivity index (χ0) is 11.0. The molecule has 1 aromatic carbocycles. The monoisotopic (exact) mass is 205 g/mol. The Kier molecular flexibility index (Phi) is 2.59. The molecule has 0 fully saturated rings. The molecule has 2 nitrogen and oxygen atoms in total. The number of ether oxygens (including phenoxy) is 1. The molecule has 1 aliphatic rings. The first-order valence-electron chi connectivity index (χ1n) is 5.66. The van der Waals surface area contributed by atoms with Gasteiger partial charge in [0.2, 0.25) is 0 Å². The predicted octanol–water partition coefficient (Wildman–Crippen LogP) is 3.27. The predicted molar refractivity (Wildman–Crippen MR) is 63.7 cm³/mol. The molecule has 0 saturated carbocycles. The van der Waals surface area contributed by atoms with Crippen molar-refractivity contribution in [1.29, 1.82) is 0 Å². The first-order valence-corrected chi connectivity index (χ1v) is 5.66. The van der Waals surface area contributed by atoms with E-state index < -0.39 is 0 Å².